The highest BCUT2D eigenvalue weighted by Crippen LogP contribution is 2.14. The Bertz CT molecular complexity index is 1010. The quantitative estimate of drug-likeness (QED) is 0.569. The van der Waals surface area contributed by atoms with Gasteiger partial charge in [-0.15, -0.1) is 0 Å². The summed E-state index contributed by atoms with van der Waals surface area (Å²) in [7, 11) is 0. The lowest BCUT2D eigenvalue weighted by Crippen LogP contribution is -2.35. The first-order chi connectivity index (χ1) is 12.5. The van der Waals surface area contributed by atoms with Gasteiger partial charge in [0.15, 0.2) is 5.89 Å². The predicted molar refractivity (Wildman–Crippen MR) is 94.9 cm³/mol. The lowest BCUT2D eigenvalue weighted by Gasteiger charge is -2.08. The summed E-state index contributed by atoms with van der Waals surface area (Å²) in [6.45, 7) is 2.25. The Labute approximate surface area is 148 Å². The van der Waals surface area contributed by atoms with E-state index in [-0.39, 0.29) is 36.9 Å². The fourth-order valence-corrected chi connectivity index (χ4v) is 2.56. The molecule has 3 aromatic rings. The van der Waals surface area contributed by atoms with Gasteiger partial charge in [-0.2, -0.15) is 0 Å². The Balaban J connectivity index is 1.52. The average molecular weight is 354 g/mol. The zero-order chi connectivity index (χ0) is 18.5. The highest BCUT2D eigenvalue weighted by molar-refractivity contribution is 6.05. The molecular weight excluding hydrogens is 336 g/mol. The predicted octanol–water partition coefficient (Wildman–Crippen LogP) is 0.913. The van der Waals surface area contributed by atoms with Gasteiger partial charge < -0.3 is 20.0 Å². The van der Waals surface area contributed by atoms with Crippen molar-refractivity contribution in [2.24, 2.45) is 0 Å². The summed E-state index contributed by atoms with van der Waals surface area (Å²) in [5, 5.41) is 6.20. The van der Waals surface area contributed by atoms with Crippen molar-refractivity contribution in [3.8, 4) is 0 Å². The normalized spacial score (nSPS) is 10.7. The van der Waals surface area contributed by atoms with Crippen molar-refractivity contribution in [2.75, 3.05) is 13.1 Å². The second kappa shape index (κ2) is 7.64. The molecule has 0 aliphatic rings. The number of H-pyrrole nitrogens is 1. The van der Waals surface area contributed by atoms with E-state index in [4.69, 9.17) is 4.42 Å². The summed E-state index contributed by atoms with van der Waals surface area (Å²) in [4.78, 5) is 42.4. The maximum Gasteiger partial charge on any atom is 0.253 e. The van der Waals surface area contributed by atoms with Crippen LogP contribution in [0.5, 0.6) is 0 Å². The molecule has 134 valence electrons. The van der Waals surface area contributed by atoms with Crippen LogP contribution in [-0.4, -0.2) is 34.9 Å². The molecule has 0 aliphatic heterocycles. The van der Waals surface area contributed by atoms with Crippen molar-refractivity contribution >= 4 is 22.7 Å². The number of pyridine rings is 1. The first kappa shape index (κ1) is 17.4. The fourth-order valence-electron chi connectivity index (χ4n) is 2.56. The standard InChI is InChI=1S/C18H18N4O4/c1-11-21-13(10-26-11)9-16(24)19-7-8-20-18(25)14-4-2-3-12-5-6-15(23)22-17(12)14/h2-6,10H,7-9H2,1H3,(H,19,24)(H,20,25)(H,22,23). The zero-order valence-corrected chi connectivity index (χ0v) is 14.2. The Morgan fingerprint density at radius 2 is 1.96 bits per heavy atom. The number of aromatic amines is 1. The largest absolute Gasteiger partial charge is 0.449 e. The van der Waals surface area contributed by atoms with Crippen LogP contribution in [0.15, 0.2) is 45.8 Å². The molecule has 0 saturated heterocycles. The molecule has 0 saturated carbocycles. The monoisotopic (exact) mass is 354 g/mol. The van der Waals surface area contributed by atoms with Gasteiger partial charge in [-0.05, 0) is 17.5 Å². The minimum Gasteiger partial charge on any atom is -0.449 e. The summed E-state index contributed by atoms with van der Waals surface area (Å²) < 4.78 is 5.04. The first-order valence-electron chi connectivity index (χ1n) is 8.11. The van der Waals surface area contributed by atoms with Crippen molar-refractivity contribution in [1.82, 2.24) is 20.6 Å². The zero-order valence-electron chi connectivity index (χ0n) is 14.2. The molecule has 8 heteroatoms. The number of carbonyl (C=O) groups is 2. The van der Waals surface area contributed by atoms with E-state index >= 15 is 0 Å². The second-order valence-electron chi connectivity index (χ2n) is 5.73. The first-order valence-corrected chi connectivity index (χ1v) is 8.11. The highest BCUT2D eigenvalue weighted by Gasteiger charge is 2.11. The van der Waals surface area contributed by atoms with Gasteiger partial charge in [-0.3, -0.25) is 14.4 Å². The fraction of sp³-hybridized carbons (Fsp3) is 0.222. The third kappa shape index (κ3) is 4.15. The summed E-state index contributed by atoms with van der Waals surface area (Å²) in [5.74, 6) is -0.0194. The van der Waals surface area contributed by atoms with Crippen molar-refractivity contribution in [1.29, 1.82) is 0 Å². The van der Waals surface area contributed by atoms with Crippen LogP contribution >= 0.6 is 0 Å². The number of carbonyl (C=O) groups excluding carboxylic acids is 2. The molecule has 3 N–H and O–H groups in total. The molecule has 0 atom stereocenters. The van der Waals surface area contributed by atoms with Crippen LogP contribution < -0.4 is 16.2 Å². The number of nitrogens with zero attached hydrogens (tertiary/aromatic N) is 1. The molecule has 0 spiro atoms. The van der Waals surface area contributed by atoms with Crippen LogP contribution in [0.25, 0.3) is 10.9 Å². The van der Waals surface area contributed by atoms with Crippen LogP contribution in [0.2, 0.25) is 0 Å². The minimum absolute atomic E-state index is 0.121. The van der Waals surface area contributed by atoms with Gasteiger partial charge in [-0.1, -0.05) is 12.1 Å². The second-order valence-corrected chi connectivity index (χ2v) is 5.73. The van der Waals surface area contributed by atoms with E-state index in [1.165, 1.54) is 12.3 Å². The molecule has 2 aromatic heterocycles. The molecular formula is C18H18N4O4. The Morgan fingerprint density at radius 1 is 1.15 bits per heavy atom. The molecule has 2 amide bonds. The number of aryl methyl sites for hydroxylation is 1. The maximum atomic E-state index is 12.3. The van der Waals surface area contributed by atoms with Crippen molar-refractivity contribution in [3.63, 3.8) is 0 Å². The molecule has 2 heterocycles. The van der Waals surface area contributed by atoms with Gasteiger partial charge in [0.25, 0.3) is 5.91 Å². The molecule has 26 heavy (non-hydrogen) atoms. The number of nitrogens with one attached hydrogen (secondary N) is 3. The van der Waals surface area contributed by atoms with Crippen LogP contribution in [0.1, 0.15) is 21.9 Å². The Morgan fingerprint density at radius 3 is 2.73 bits per heavy atom. The van der Waals surface area contributed by atoms with E-state index < -0.39 is 0 Å². The van der Waals surface area contributed by atoms with Crippen LogP contribution in [0.3, 0.4) is 0 Å². The smallest absolute Gasteiger partial charge is 0.253 e. The number of benzene rings is 1. The number of aromatic nitrogens is 2. The number of oxazole rings is 1. The number of rotatable bonds is 6. The lowest BCUT2D eigenvalue weighted by atomic mass is 10.1. The van der Waals surface area contributed by atoms with Gasteiger partial charge in [0.1, 0.15) is 6.26 Å². The van der Waals surface area contributed by atoms with Gasteiger partial charge in [0, 0.05) is 26.1 Å². The molecule has 8 nitrogen and oxygen atoms in total. The maximum absolute atomic E-state index is 12.3. The van der Waals surface area contributed by atoms with Gasteiger partial charge in [0.2, 0.25) is 11.5 Å². The van der Waals surface area contributed by atoms with Crippen LogP contribution in [0.4, 0.5) is 0 Å². The van der Waals surface area contributed by atoms with Crippen LogP contribution in [0, 0.1) is 6.92 Å². The molecule has 1 aromatic carbocycles. The van der Waals surface area contributed by atoms with Gasteiger partial charge in [0.05, 0.1) is 23.2 Å². The number of hydrogen-bond donors (Lipinski definition) is 3. The number of hydrogen-bond acceptors (Lipinski definition) is 5. The summed E-state index contributed by atoms with van der Waals surface area (Å²) in [6, 6.07) is 8.27. The molecule has 0 bridgehead atoms. The van der Waals surface area contributed by atoms with E-state index in [0.717, 1.165) is 5.39 Å². The molecule has 3 rings (SSSR count). The number of para-hydroxylation sites is 1. The average Bonchev–Trinajstić information content (AvgIpc) is 3.02. The molecule has 0 radical (unpaired) electrons. The third-order valence-electron chi connectivity index (χ3n) is 3.74. The lowest BCUT2D eigenvalue weighted by molar-refractivity contribution is -0.120. The number of amides is 2. The van der Waals surface area contributed by atoms with Crippen molar-refractivity contribution < 1.29 is 14.0 Å². The Kier molecular flexibility index (Phi) is 5.12. The van der Waals surface area contributed by atoms with E-state index in [0.29, 0.717) is 22.7 Å². The van der Waals surface area contributed by atoms with E-state index in [2.05, 4.69) is 20.6 Å². The summed E-state index contributed by atoms with van der Waals surface area (Å²) >= 11 is 0. The van der Waals surface area contributed by atoms with E-state index in [9.17, 15) is 14.4 Å². The number of fused-ring (bicyclic) bond motifs is 1. The topological polar surface area (TPSA) is 117 Å². The third-order valence-corrected chi connectivity index (χ3v) is 3.74. The molecule has 0 unspecified atom stereocenters. The van der Waals surface area contributed by atoms with E-state index in [1.807, 2.05) is 6.07 Å². The van der Waals surface area contributed by atoms with Crippen molar-refractivity contribution in [2.45, 2.75) is 13.3 Å². The van der Waals surface area contributed by atoms with Crippen LogP contribution in [-0.2, 0) is 11.2 Å². The molecule has 0 fully saturated rings. The highest BCUT2D eigenvalue weighted by atomic mass is 16.3. The van der Waals surface area contributed by atoms with Gasteiger partial charge >= 0.3 is 0 Å². The SMILES string of the molecule is Cc1nc(CC(=O)NCCNC(=O)c2cccc3ccc(=O)[nH]c23)co1. The van der Waals surface area contributed by atoms with E-state index in [1.54, 1.807) is 25.1 Å². The van der Waals surface area contributed by atoms with Gasteiger partial charge in [-0.25, -0.2) is 4.98 Å². The minimum atomic E-state index is -0.321. The Hall–Kier alpha value is -3.42. The summed E-state index contributed by atoms with van der Waals surface area (Å²) in [5.41, 5.74) is 1.16. The van der Waals surface area contributed by atoms with Crippen molar-refractivity contribution in [3.05, 3.63) is 64.1 Å². The summed E-state index contributed by atoms with van der Waals surface area (Å²) in [6.07, 6.45) is 1.56. The molecule has 0 aliphatic carbocycles.